The number of aryl methyl sites for hydroxylation is 1. The first-order valence-electron chi connectivity index (χ1n) is 9.81. The van der Waals surface area contributed by atoms with Gasteiger partial charge in [0.15, 0.2) is 0 Å². The molecule has 0 N–H and O–H groups in total. The number of benzene rings is 3. The van der Waals surface area contributed by atoms with Gasteiger partial charge in [-0.25, -0.2) is 0 Å². The summed E-state index contributed by atoms with van der Waals surface area (Å²) in [7, 11) is 7.98. The van der Waals surface area contributed by atoms with Gasteiger partial charge in [0.25, 0.3) is 0 Å². The summed E-state index contributed by atoms with van der Waals surface area (Å²) in [6.45, 7) is 2.26. The van der Waals surface area contributed by atoms with Gasteiger partial charge in [0.05, 0.1) is 0 Å². The van der Waals surface area contributed by atoms with Gasteiger partial charge in [-0.3, -0.25) is 0 Å². The lowest BCUT2D eigenvalue weighted by atomic mass is 9.83. The maximum absolute atomic E-state index is 6.60. The summed E-state index contributed by atoms with van der Waals surface area (Å²) >= 11 is 0. The van der Waals surface area contributed by atoms with E-state index in [1.165, 1.54) is 58.9 Å². The van der Waals surface area contributed by atoms with Crippen LogP contribution in [-0.2, 0) is 11.2 Å². The lowest BCUT2D eigenvalue weighted by molar-refractivity contribution is 0.666. The highest BCUT2D eigenvalue weighted by molar-refractivity contribution is 8.22. The SMILES string of the molecule is CCCCCCc1ccc(C(SCl)(c2ccccc2)c2ccccc2)cc1. The van der Waals surface area contributed by atoms with Crippen LogP contribution in [0.3, 0.4) is 0 Å². The van der Waals surface area contributed by atoms with E-state index in [0.29, 0.717) is 0 Å². The van der Waals surface area contributed by atoms with E-state index in [-0.39, 0.29) is 0 Å². The fourth-order valence-electron chi connectivity index (χ4n) is 3.64. The fourth-order valence-corrected chi connectivity index (χ4v) is 5.12. The highest BCUT2D eigenvalue weighted by Gasteiger charge is 2.36. The molecule has 0 nitrogen and oxygen atoms in total. The van der Waals surface area contributed by atoms with E-state index in [0.717, 1.165) is 6.42 Å². The Hall–Kier alpha value is -1.70. The molecule has 27 heavy (non-hydrogen) atoms. The van der Waals surface area contributed by atoms with Crippen molar-refractivity contribution in [2.45, 2.75) is 43.8 Å². The van der Waals surface area contributed by atoms with Crippen molar-refractivity contribution in [2.75, 3.05) is 0 Å². The summed E-state index contributed by atoms with van der Waals surface area (Å²) in [5.41, 5.74) is 5.03. The third-order valence-electron chi connectivity index (χ3n) is 5.16. The lowest BCUT2D eigenvalue weighted by Gasteiger charge is -2.32. The summed E-state index contributed by atoms with van der Waals surface area (Å²) in [5, 5.41) is 0. The largest absolute Gasteiger partial charge is 0.106 e. The van der Waals surface area contributed by atoms with Crippen LogP contribution in [0.15, 0.2) is 84.9 Å². The van der Waals surface area contributed by atoms with E-state index in [1.54, 1.807) is 0 Å². The molecule has 0 heterocycles. The first-order valence-corrected chi connectivity index (χ1v) is 11.5. The molecule has 0 fully saturated rings. The molecule has 0 atom stereocenters. The van der Waals surface area contributed by atoms with E-state index < -0.39 is 4.75 Å². The topological polar surface area (TPSA) is 0 Å². The third-order valence-corrected chi connectivity index (χ3v) is 6.79. The molecule has 0 aliphatic carbocycles. The van der Waals surface area contributed by atoms with Gasteiger partial charge < -0.3 is 0 Å². The van der Waals surface area contributed by atoms with Gasteiger partial charge in [-0.2, -0.15) is 0 Å². The molecule has 0 bridgehead atoms. The van der Waals surface area contributed by atoms with Crippen molar-refractivity contribution in [1.29, 1.82) is 0 Å². The zero-order valence-corrected chi connectivity index (χ0v) is 17.5. The second kappa shape index (κ2) is 10.0. The van der Waals surface area contributed by atoms with Gasteiger partial charge in [-0.15, -0.1) is 0 Å². The molecule has 0 aromatic heterocycles. The normalized spacial score (nSPS) is 11.5. The summed E-state index contributed by atoms with van der Waals surface area (Å²) < 4.78 is -0.412. The average Bonchev–Trinajstić information content (AvgIpc) is 2.75. The van der Waals surface area contributed by atoms with Gasteiger partial charge >= 0.3 is 0 Å². The van der Waals surface area contributed by atoms with Crippen LogP contribution >= 0.6 is 21.7 Å². The first-order chi connectivity index (χ1) is 13.3. The number of hydrogen-bond acceptors (Lipinski definition) is 1. The molecule has 3 aromatic carbocycles. The lowest BCUT2D eigenvalue weighted by Crippen LogP contribution is -2.24. The summed E-state index contributed by atoms with van der Waals surface area (Å²) in [4.78, 5) is 0. The van der Waals surface area contributed by atoms with Crippen LogP contribution in [0.1, 0.15) is 54.9 Å². The molecule has 0 amide bonds. The van der Waals surface area contributed by atoms with Gasteiger partial charge in [-0.05, 0) is 56.8 Å². The minimum Gasteiger partial charge on any atom is -0.0654 e. The maximum Gasteiger partial charge on any atom is 0.106 e. The molecule has 0 spiro atoms. The predicted octanol–water partition coefficient (Wildman–Crippen LogP) is 7.99. The molecule has 0 radical (unpaired) electrons. The molecule has 2 heteroatoms. The maximum atomic E-state index is 6.60. The van der Waals surface area contributed by atoms with Crippen LogP contribution in [0.25, 0.3) is 0 Å². The average molecular weight is 395 g/mol. The summed E-state index contributed by atoms with van der Waals surface area (Å²) in [6, 6.07) is 30.2. The van der Waals surface area contributed by atoms with Gasteiger partial charge in [0.2, 0.25) is 0 Å². The first kappa shape index (κ1) is 20.0. The van der Waals surface area contributed by atoms with E-state index >= 15 is 0 Å². The van der Waals surface area contributed by atoms with E-state index in [4.69, 9.17) is 10.7 Å². The van der Waals surface area contributed by atoms with E-state index in [1.807, 2.05) is 0 Å². The zero-order chi connectivity index (χ0) is 19.0. The Bertz CT molecular complexity index is 757. The van der Waals surface area contributed by atoms with Crippen molar-refractivity contribution in [2.24, 2.45) is 0 Å². The van der Waals surface area contributed by atoms with E-state index in [9.17, 15) is 0 Å². The highest BCUT2D eigenvalue weighted by atomic mass is 35.7. The van der Waals surface area contributed by atoms with Crippen LogP contribution < -0.4 is 0 Å². The number of hydrogen-bond donors (Lipinski definition) is 0. The van der Waals surface area contributed by atoms with Crippen LogP contribution in [0.4, 0.5) is 0 Å². The standard InChI is InChI=1S/C25H27ClS/c1-2-3-4-7-12-21-17-19-24(20-18-21)25(27-26,22-13-8-5-9-14-22)23-15-10-6-11-16-23/h5-6,8-11,13-20H,2-4,7,12H2,1H3. The zero-order valence-electron chi connectivity index (χ0n) is 15.9. The van der Waals surface area contributed by atoms with Crippen molar-refractivity contribution in [3.8, 4) is 0 Å². The Kier molecular flexibility index (Phi) is 7.43. The van der Waals surface area contributed by atoms with Crippen LogP contribution in [0.5, 0.6) is 0 Å². The Balaban J connectivity index is 1.96. The molecule has 0 aliphatic rings. The Morgan fingerprint density at radius 1 is 0.667 bits per heavy atom. The van der Waals surface area contributed by atoms with Crippen LogP contribution in [-0.4, -0.2) is 0 Å². The highest BCUT2D eigenvalue weighted by Crippen LogP contribution is 2.50. The van der Waals surface area contributed by atoms with Gasteiger partial charge in [-0.1, -0.05) is 111 Å². The van der Waals surface area contributed by atoms with Crippen LogP contribution in [0.2, 0.25) is 0 Å². The second-order valence-corrected chi connectivity index (χ2v) is 8.23. The Morgan fingerprint density at radius 3 is 1.67 bits per heavy atom. The van der Waals surface area contributed by atoms with Gasteiger partial charge in [0.1, 0.15) is 4.75 Å². The van der Waals surface area contributed by atoms with Crippen molar-refractivity contribution in [3.63, 3.8) is 0 Å². The number of halogens is 1. The Morgan fingerprint density at radius 2 is 1.19 bits per heavy atom. The van der Waals surface area contributed by atoms with Crippen molar-refractivity contribution < 1.29 is 0 Å². The number of unbranched alkanes of at least 4 members (excludes halogenated alkanes) is 3. The Labute approximate surface area is 172 Å². The monoisotopic (exact) mass is 394 g/mol. The molecule has 3 aromatic rings. The van der Waals surface area contributed by atoms with Gasteiger partial charge in [0, 0.05) is 0 Å². The number of rotatable bonds is 9. The molecule has 0 unspecified atom stereocenters. The minimum absolute atomic E-state index is 0.412. The smallest absolute Gasteiger partial charge is 0.0654 e. The molecule has 3 rings (SSSR count). The molecule has 140 valence electrons. The summed E-state index contributed by atoms with van der Waals surface area (Å²) in [6.07, 6.45) is 6.33. The molecular weight excluding hydrogens is 368 g/mol. The quantitative estimate of drug-likeness (QED) is 0.261. The minimum atomic E-state index is -0.412. The third kappa shape index (κ3) is 4.59. The molecule has 0 saturated carbocycles. The van der Waals surface area contributed by atoms with E-state index in [2.05, 4.69) is 91.9 Å². The van der Waals surface area contributed by atoms with Crippen LogP contribution in [0, 0.1) is 0 Å². The van der Waals surface area contributed by atoms with Crippen molar-refractivity contribution >= 4 is 21.7 Å². The molecule has 0 aliphatic heterocycles. The van der Waals surface area contributed by atoms with Crippen molar-refractivity contribution in [1.82, 2.24) is 0 Å². The summed E-state index contributed by atoms with van der Waals surface area (Å²) in [5.74, 6) is 0. The molecular formula is C25H27ClS. The van der Waals surface area contributed by atoms with Crippen molar-refractivity contribution in [3.05, 3.63) is 107 Å². The fraction of sp³-hybridized carbons (Fsp3) is 0.280. The molecule has 0 saturated heterocycles. The predicted molar refractivity (Wildman–Crippen MR) is 120 cm³/mol. The second-order valence-electron chi connectivity index (χ2n) is 7.00.